The molecule has 0 aliphatic carbocycles. The second-order valence-corrected chi connectivity index (χ2v) is 5.67. The van der Waals surface area contributed by atoms with Crippen LogP contribution in [0.3, 0.4) is 0 Å². The predicted molar refractivity (Wildman–Crippen MR) is 80.8 cm³/mol. The summed E-state index contributed by atoms with van der Waals surface area (Å²) in [6.07, 6.45) is 1.39. The van der Waals surface area contributed by atoms with E-state index in [2.05, 4.69) is 11.8 Å². The van der Waals surface area contributed by atoms with Crippen LogP contribution in [0, 0.1) is 0 Å². The summed E-state index contributed by atoms with van der Waals surface area (Å²) in [6, 6.07) is 5.99. The van der Waals surface area contributed by atoms with Crippen molar-refractivity contribution in [1.82, 2.24) is 4.90 Å². The molecular formula is C16H24N2O3. The molecule has 1 aromatic carbocycles. The average molecular weight is 292 g/mol. The number of rotatable bonds is 4. The van der Waals surface area contributed by atoms with Gasteiger partial charge in [0.25, 0.3) is 0 Å². The molecule has 2 unspecified atom stereocenters. The second kappa shape index (κ2) is 6.64. The van der Waals surface area contributed by atoms with Crippen molar-refractivity contribution in [2.24, 2.45) is 5.73 Å². The van der Waals surface area contributed by atoms with Crippen molar-refractivity contribution in [3.05, 3.63) is 23.8 Å². The summed E-state index contributed by atoms with van der Waals surface area (Å²) in [5.74, 6) is 1.62. The molecule has 0 aromatic heterocycles. The molecule has 0 bridgehead atoms. The summed E-state index contributed by atoms with van der Waals surface area (Å²) in [5, 5.41) is 0. The maximum Gasteiger partial charge on any atom is 0.161 e. The van der Waals surface area contributed by atoms with Gasteiger partial charge < -0.3 is 19.9 Å². The van der Waals surface area contributed by atoms with Crippen LogP contribution in [0.25, 0.3) is 0 Å². The van der Waals surface area contributed by atoms with Gasteiger partial charge in [-0.25, -0.2) is 0 Å². The van der Waals surface area contributed by atoms with Gasteiger partial charge in [0.05, 0.1) is 12.7 Å². The molecule has 2 N–H and O–H groups in total. The van der Waals surface area contributed by atoms with Gasteiger partial charge in [-0.2, -0.15) is 0 Å². The van der Waals surface area contributed by atoms with Gasteiger partial charge >= 0.3 is 0 Å². The van der Waals surface area contributed by atoms with Crippen LogP contribution >= 0.6 is 0 Å². The first kappa shape index (κ1) is 14.6. The van der Waals surface area contributed by atoms with Crippen LogP contribution in [0.1, 0.15) is 24.9 Å². The van der Waals surface area contributed by atoms with E-state index in [0.717, 1.165) is 49.7 Å². The predicted octanol–water partition coefficient (Wildman–Crippen LogP) is 1.57. The molecule has 5 nitrogen and oxygen atoms in total. The summed E-state index contributed by atoms with van der Waals surface area (Å²) >= 11 is 0. The van der Waals surface area contributed by atoms with Crippen LogP contribution in [0.4, 0.5) is 0 Å². The molecule has 2 heterocycles. The molecule has 0 amide bonds. The zero-order valence-electron chi connectivity index (χ0n) is 12.6. The molecule has 1 fully saturated rings. The summed E-state index contributed by atoms with van der Waals surface area (Å²) in [6.45, 7) is 6.95. The van der Waals surface area contributed by atoms with E-state index in [9.17, 15) is 0 Å². The Hall–Kier alpha value is -1.30. The first-order valence-electron chi connectivity index (χ1n) is 7.75. The Morgan fingerprint density at radius 3 is 2.86 bits per heavy atom. The summed E-state index contributed by atoms with van der Waals surface area (Å²) in [5.41, 5.74) is 7.46. The van der Waals surface area contributed by atoms with Gasteiger partial charge in [-0.1, -0.05) is 13.0 Å². The number of fused-ring (bicyclic) bond motifs is 1. The number of hydrogen-bond acceptors (Lipinski definition) is 5. The van der Waals surface area contributed by atoms with Gasteiger partial charge in [0.2, 0.25) is 0 Å². The molecule has 0 radical (unpaired) electrons. The van der Waals surface area contributed by atoms with E-state index in [1.165, 1.54) is 0 Å². The minimum absolute atomic E-state index is 0.0172. The highest BCUT2D eigenvalue weighted by Gasteiger charge is 2.22. The molecular weight excluding hydrogens is 268 g/mol. The number of morpholine rings is 1. The zero-order valence-corrected chi connectivity index (χ0v) is 12.6. The highest BCUT2D eigenvalue weighted by Crippen LogP contribution is 2.32. The van der Waals surface area contributed by atoms with E-state index in [4.69, 9.17) is 19.9 Å². The standard InChI is InChI=1S/C16H24N2O3/c1-2-13-10-18(5-6-19-13)11-14(17)12-3-4-15-16(9-12)21-8-7-20-15/h3-4,9,13-14H,2,5-8,10-11,17H2,1H3. The van der Waals surface area contributed by atoms with Gasteiger partial charge in [0, 0.05) is 25.7 Å². The third-order valence-corrected chi connectivity index (χ3v) is 4.13. The molecule has 116 valence electrons. The quantitative estimate of drug-likeness (QED) is 0.913. The van der Waals surface area contributed by atoms with E-state index in [0.29, 0.717) is 19.3 Å². The Morgan fingerprint density at radius 1 is 1.24 bits per heavy atom. The van der Waals surface area contributed by atoms with Crippen LogP contribution in [-0.4, -0.2) is 50.5 Å². The maximum absolute atomic E-state index is 6.37. The van der Waals surface area contributed by atoms with Gasteiger partial charge in [0.1, 0.15) is 13.2 Å². The van der Waals surface area contributed by atoms with Gasteiger partial charge in [0.15, 0.2) is 11.5 Å². The lowest BCUT2D eigenvalue weighted by Gasteiger charge is -2.34. The second-order valence-electron chi connectivity index (χ2n) is 5.67. The highest BCUT2D eigenvalue weighted by atomic mass is 16.6. The zero-order chi connectivity index (χ0) is 14.7. The molecule has 1 aromatic rings. The molecule has 2 aliphatic heterocycles. The number of hydrogen-bond donors (Lipinski definition) is 1. The number of ether oxygens (including phenoxy) is 3. The average Bonchev–Trinajstić information content (AvgIpc) is 2.54. The molecule has 1 saturated heterocycles. The molecule has 0 spiro atoms. The van der Waals surface area contributed by atoms with Crippen LogP contribution < -0.4 is 15.2 Å². The summed E-state index contributed by atoms with van der Waals surface area (Å²) in [4.78, 5) is 2.39. The minimum Gasteiger partial charge on any atom is -0.486 e. The van der Waals surface area contributed by atoms with Crippen LogP contribution in [0.15, 0.2) is 18.2 Å². The minimum atomic E-state index is -0.0172. The van der Waals surface area contributed by atoms with E-state index in [1.54, 1.807) is 0 Å². The van der Waals surface area contributed by atoms with E-state index in [-0.39, 0.29) is 6.04 Å². The first-order chi connectivity index (χ1) is 10.3. The lowest BCUT2D eigenvalue weighted by Crippen LogP contribution is -2.44. The van der Waals surface area contributed by atoms with Crippen molar-refractivity contribution in [3.63, 3.8) is 0 Å². The van der Waals surface area contributed by atoms with Gasteiger partial charge in [-0.05, 0) is 24.1 Å². The Morgan fingerprint density at radius 2 is 2.05 bits per heavy atom. The fraction of sp³-hybridized carbons (Fsp3) is 0.625. The topological polar surface area (TPSA) is 57.0 Å². The smallest absolute Gasteiger partial charge is 0.161 e. The third kappa shape index (κ3) is 3.48. The van der Waals surface area contributed by atoms with Crippen molar-refractivity contribution >= 4 is 0 Å². The van der Waals surface area contributed by atoms with E-state index < -0.39 is 0 Å². The third-order valence-electron chi connectivity index (χ3n) is 4.13. The van der Waals surface area contributed by atoms with Crippen LogP contribution in [0.2, 0.25) is 0 Å². The number of benzene rings is 1. The normalized spacial score (nSPS) is 23.8. The molecule has 21 heavy (non-hydrogen) atoms. The summed E-state index contributed by atoms with van der Waals surface area (Å²) in [7, 11) is 0. The monoisotopic (exact) mass is 292 g/mol. The Labute approximate surface area is 126 Å². The largest absolute Gasteiger partial charge is 0.486 e. The van der Waals surface area contributed by atoms with Crippen molar-refractivity contribution in [2.75, 3.05) is 39.5 Å². The fourth-order valence-electron chi connectivity index (χ4n) is 2.87. The lowest BCUT2D eigenvalue weighted by atomic mass is 10.1. The summed E-state index contributed by atoms with van der Waals surface area (Å²) < 4.78 is 16.9. The SMILES string of the molecule is CCC1CN(CC(N)c2ccc3c(c2)OCCO3)CCO1. The molecule has 2 aliphatic rings. The van der Waals surface area contributed by atoms with E-state index in [1.807, 2.05) is 18.2 Å². The molecule has 0 saturated carbocycles. The lowest BCUT2D eigenvalue weighted by molar-refractivity contribution is -0.0312. The Kier molecular flexibility index (Phi) is 4.63. The Balaban J connectivity index is 1.63. The maximum atomic E-state index is 6.37. The van der Waals surface area contributed by atoms with E-state index >= 15 is 0 Å². The number of nitrogens with zero attached hydrogens (tertiary/aromatic N) is 1. The molecule has 5 heteroatoms. The van der Waals surface area contributed by atoms with Crippen LogP contribution in [0.5, 0.6) is 11.5 Å². The highest BCUT2D eigenvalue weighted by molar-refractivity contribution is 5.44. The van der Waals surface area contributed by atoms with Gasteiger partial charge in [-0.15, -0.1) is 0 Å². The Bertz CT molecular complexity index is 481. The van der Waals surface area contributed by atoms with Crippen molar-refractivity contribution in [3.8, 4) is 11.5 Å². The van der Waals surface area contributed by atoms with Crippen LogP contribution in [-0.2, 0) is 4.74 Å². The number of nitrogens with two attached hydrogens (primary N) is 1. The fourth-order valence-corrected chi connectivity index (χ4v) is 2.87. The van der Waals surface area contributed by atoms with Crippen molar-refractivity contribution < 1.29 is 14.2 Å². The molecule has 3 rings (SSSR count). The van der Waals surface area contributed by atoms with Crippen molar-refractivity contribution in [1.29, 1.82) is 0 Å². The first-order valence-corrected chi connectivity index (χ1v) is 7.75. The molecule has 2 atom stereocenters. The van der Waals surface area contributed by atoms with Crippen molar-refractivity contribution in [2.45, 2.75) is 25.5 Å². The van der Waals surface area contributed by atoms with Gasteiger partial charge in [-0.3, -0.25) is 4.90 Å².